The van der Waals surface area contributed by atoms with Crippen LogP contribution in [-0.4, -0.2) is 91.0 Å². The van der Waals surface area contributed by atoms with Crippen LogP contribution in [0.15, 0.2) is 200 Å². The summed E-state index contributed by atoms with van der Waals surface area (Å²) in [5, 5.41) is 24.2. The van der Waals surface area contributed by atoms with Crippen molar-refractivity contribution in [2.75, 3.05) is 24.7 Å². The van der Waals surface area contributed by atoms with E-state index in [0.717, 1.165) is 59.4 Å². The third kappa shape index (κ3) is 21.6. The Morgan fingerprint density at radius 1 is 0.550 bits per heavy atom. The maximum Gasteiger partial charge on any atom is 0.422 e. The Morgan fingerprint density at radius 2 is 1.06 bits per heavy atom. The molecule has 1 fully saturated rings. The second-order valence-electron chi connectivity index (χ2n) is 24.8. The number of benzene rings is 6. The molecule has 520 valence electrons. The SMILES string of the molecule is [2H]C(C)(C)N(Cc1ccccc1OCCCCc1nnc(O)o1)C(=O)c1ccc(-c2ccco2)cc1.[2H]C([2H])(c1ccccc1OCCCCc1nnc(OC(=O)CCCCCOc2ccccc2C([2H])([2H])N(c2ccc(C#CC3CC3)cc2)C(C)C)o1)N(C(=O)c1ccc(-c2ccco2)cc1)C(C)C. The topological polar surface area (TPSA) is 222 Å². The number of para-hydroxylation sites is 3. The largest absolute Gasteiger partial charge is 0.493 e. The highest BCUT2D eigenvalue weighted by Crippen LogP contribution is 2.31. The second kappa shape index (κ2) is 36.6. The van der Waals surface area contributed by atoms with Crippen molar-refractivity contribution < 1.29 is 63.0 Å². The Bertz CT molecular complexity index is 4470. The zero-order chi connectivity index (χ0) is 74.5. The smallest absolute Gasteiger partial charge is 0.422 e. The first kappa shape index (κ1) is 65.1. The van der Waals surface area contributed by atoms with E-state index in [4.69, 9.17) is 43.1 Å². The quantitative estimate of drug-likeness (QED) is 0.0225. The normalized spacial score (nSPS) is 12.9. The third-order valence-electron chi connectivity index (χ3n) is 16.1. The van der Waals surface area contributed by atoms with Gasteiger partial charge in [-0.3, -0.25) is 14.4 Å². The molecule has 1 aliphatic rings. The lowest BCUT2D eigenvalue weighted by Gasteiger charge is -2.30. The number of unbranched alkanes of at least 4 members (excludes halogenated alkanes) is 4. The average Bonchev–Trinajstić information content (AvgIpc) is 1.24. The van der Waals surface area contributed by atoms with Gasteiger partial charge in [0.25, 0.3) is 11.8 Å². The minimum atomic E-state index is -2.20. The summed E-state index contributed by atoms with van der Waals surface area (Å²) < 4.78 is 90.5. The van der Waals surface area contributed by atoms with Gasteiger partial charge in [-0.25, -0.2) is 0 Å². The van der Waals surface area contributed by atoms with Crippen molar-refractivity contribution in [2.24, 2.45) is 5.92 Å². The molecule has 11 rings (SSSR count). The molecule has 19 heteroatoms. The molecule has 100 heavy (non-hydrogen) atoms. The lowest BCUT2D eigenvalue weighted by molar-refractivity contribution is -0.136. The van der Waals surface area contributed by atoms with Crippen molar-refractivity contribution in [3.63, 3.8) is 0 Å². The summed E-state index contributed by atoms with van der Waals surface area (Å²) >= 11 is 0. The Balaban J connectivity index is 0.000000274. The minimum absolute atomic E-state index is 0.143. The van der Waals surface area contributed by atoms with Crippen molar-refractivity contribution in [1.29, 1.82) is 0 Å². The van der Waals surface area contributed by atoms with Crippen LogP contribution in [0.5, 0.6) is 29.4 Å². The van der Waals surface area contributed by atoms with Crippen LogP contribution in [0.3, 0.4) is 0 Å². The lowest BCUT2D eigenvalue weighted by atomic mass is 10.1. The van der Waals surface area contributed by atoms with Gasteiger partial charge in [-0.15, -0.1) is 10.2 Å². The summed E-state index contributed by atoms with van der Waals surface area (Å²) in [4.78, 5) is 44.4. The van der Waals surface area contributed by atoms with Crippen LogP contribution in [0.2, 0.25) is 0 Å². The molecule has 0 unspecified atom stereocenters. The Morgan fingerprint density at radius 3 is 1.57 bits per heavy atom. The monoisotopic (exact) mass is 1360 g/mol. The van der Waals surface area contributed by atoms with Crippen molar-refractivity contribution in [3.05, 3.63) is 228 Å². The fraction of sp³-hybridized carbons (Fsp3) is 0.346. The molecule has 4 heterocycles. The summed E-state index contributed by atoms with van der Waals surface area (Å²) in [6.45, 7) is 8.12. The van der Waals surface area contributed by atoms with E-state index in [1.54, 1.807) is 124 Å². The van der Waals surface area contributed by atoms with E-state index < -0.39 is 43.0 Å². The minimum Gasteiger partial charge on any atom is -0.493 e. The maximum absolute atomic E-state index is 13.8. The Labute approximate surface area is 592 Å². The molecule has 0 atom stereocenters. The van der Waals surface area contributed by atoms with Crippen LogP contribution < -0.4 is 23.8 Å². The van der Waals surface area contributed by atoms with Crippen LogP contribution in [0.25, 0.3) is 22.6 Å². The molecular weight excluding hydrogens is 1260 g/mol. The fourth-order valence-electron chi connectivity index (χ4n) is 10.5. The van der Waals surface area contributed by atoms with E-state index in [9.17, 15) is 19.9 Å². The van der Waals surface area contributed by atoms with Crippen molar-refractivity contribution >= 4 is 23.5 Å². The average molecular weight is 1360 g/mol. The van der Waals surface area contributed by atoms with Gasteiger partial charge in [0.2, 0.25) is 11.8 Å². The van der Waals surface area contributed by atoms with E-state index in [1.807, 2.05) is 105 Å². The highest BCUT2D eigenvalue weighted by atomic mass is 16.6. The van der Waals surface area contributed by atoms with Crippen LogP contribution in [-0.2, 0) is 37.2 Å². The number of nitrogens with zero attached hydrogens (tertiary/aromatic N) is 7. The molecule has 0 radical (unpaired) electrons. The zero-order valence-corrected chi connectivity index (χ0v) is 57.4. The van der Waals surface area contributed by atoms with E-state index in [1.165, 1.54) is 9.80 Å². The molecule has 6 aromatic carbocycles. The van der Waals surface area contributed by atoms with E-state index in [-0.39, 0.29) is 43.2 Å². The number of aromatic hydroxyl groups is 1. The number of esters is 1. The second-order valence-corrected chi connectivity index (χ2v) is 24.8. The zero-order valence-electron chi connectivity index (χ0n) is 62.4. The molecule has 1 N–H and O–H groups in total. The predicted octanol–water partition coefficient (Wildman–Crippen LogP) is 17.0. The van der Waals surface area contributed by atoms with Gasteiger partial charge >= 0.3 is 18.1 Å². The molecule has 0 bridgehead atoms. The molecule has 0 aliphatic heterocycles. The van der Waals surface area contributed by atoms with Gasteiger partial charge < -0.3 is 56.4 Å². The molecule has 19 nitrogen and oxygen atoms in total. The van der Waals surface area contributed by atoms with E-state index >= 15 is 0 Å². The molecular formula is C81H89N7O12. The molecule has 4 aromatic heterocycles. The lowest BCUT2D eigenvalue weighted by Crippen LogP contribution is -2.36. The Hall–Kier alpha value is -10.9. The molecule has 0 spiro atoms. The number of aromatic nitrogens is 4. The van der Waals surface area contributed by atoms with Crippen molar-refractivity contribution in [1.82, 2.24) is 30.2 Å². The number of hydrogen-bond acceptors (Lipinski definition) is 17. The van der Waals surface area contributed by atoms with Crippen LogP contribution >= 0.6 is 0 Å². The molecule has 0 saturated heterocycles. The Kier molecular flexibility index (Phi) is 23.8. The number of anilines is 1. The van der Waals surface area contributed by atoms with E-state index in [2.05, 4.69) is 32.2 Å². The van der Waals surface area contributed by atoms with Gasteiger partial charge in [0.1, 0.15) is 28.8 Å². The number of carbonyl (C=O) groups is 3. The number of aryl methyl sites for hydroxylation is 2. The summed E-state index contributed by atoms with van der Waals surface area (Å²) in [6, 6.07) is 48.9. The van der Waals surface area contributed by atoms with Gasteiger partial charge in [0.15, 0.2) is 0 Å². The first-order chi connectivity index (χ1) is 50.5. The number of furan rings is 2. The maximum atomic E-state index is 13.8. The highest BCUT2D eigenvalue weighted by Gasteiger charge is 2.24. The number of hydrogen-bond donors (Lipinski definition) is 1. The van der Waals surface area contributed by atoms with Gasteiger partial charge in [-0.1, -0.05) is 101 Å². The third-order valence-corrected chi connectivity index (χ3v) is 16.1. The number of rotatable bonds is 34. The summed E-state index contributed by atoms with van der Waals surface area (Å²) in [5.74, 6) is 9.40. The standard InChI is InChI=1S/C54H60N4O7.C27H29N3O5/c1-39(2)57(47-32-26-42(27-33-47)25-24-41-22-23-41)37-45-15-7-9-17-49(45)61-34-12-5-6-21-52(59)65-54-56-55-51(64-54)20-11-13-35-62-50-18-10-8-16-46(50)38-58(40(3)4)53(60)44-30-28-43(29-31-44)48-19-14-36-63-48;1-19(2)30(26(31)21-14-12-20(13-15-21)23-10-7-17-34-23)18-22-8-3-4-9-24(22)33-16-6-5-11-25-28-29-27(32)35-25/h7-10,14-19,26-33,36,39-41H,5-6,11-13,20-23,34-35,37-38H2,1-4H3;3-4,7-10,12-15,17,19H,5-6,11,16,18H2,1-2H3,(H,29,32)/i37D2,38D2;19D. The number of amides is 2. The summed E-state index contributed by atoms with van der Waals surface area (Å²) in [6.07, 6.45) is 10.5. The van der Waals surface area contributed by atoms with Gasteiger partial charge in [0, 0.05) is 113 Å². The summed E-state index contributed by atoms with van der Waals surface area (Å²) in [5.41, 5.74) is 5.70. The first-order valence-electron chi connectivity index (χ1n) is 36.6. The van der Waals surface area contributed by atoms with Crippen LogP contribution in [0.4, 0.5) is 5.69 Å². The fourth-order valence-corrected chi connectivity index (χ4v) is 10.5. The highest BCUT2D eigenvalue weighted by molar-refractivity contribution is 5.95. The van der Waals surface area contributed by atoms with Gasteiger partial charge in [-0.05, 0) is 190 Å². The van der Waals surface area contributed by atoms with E-state index in [0.29, 0.717) is 116 Å². The van der Waals surface area contributed by atoms with Crippen LogP contribution in [0.1, 0.15) is 167 Å². The predicted molar refractivity (Wildman–Crippen MR) is 382 cm³/mol. The first-order valence-corrected chi connectivity index (χ1v) is 34.1. The molecule has 2 amide bonds. The van der Waals surface area contributed by atoms with Crippen molar-refractivity contribution in [3.8, 4) is 63.9 Å². The summed E-state index contributed by atoms with van der Waals surface area (Å²) in [7, 11) is 0. The van der Waals surface area contributed by atoms with Gasteiger partial charge in [0.05, 0.1) is 39.2 Å². The molecule has 1 saturated carbocycles. The van der Waals surface area contributed by atoms with Gasteiger partial charge in [-0.2, -0.15) is 0 Å². The molecule has 1 aliphatic carbocycles. The van der Waals surface area contributed by atoms with Crippen LogP contribution in [0, 0.1) is 17.8 Å². The molecule has 10 aromatic rings. The number of carbonyl (C=O) groups excluding carboxylic acids is 3. The van der Waals surface area contributed by atoms with Crippen molar-refractivity contribution in [2.45, 2.75) is 156 Å². The number of ether oxygens (including phenoxy) is 4.